The summed E-state index contributed by atoms with van der Waals surface area (Å²) in [5.74, 6) is 1.40. The first-order valence-corrected chi connectivity index (χ1v) is 5.89. The minimum absolute atomic E-state index is 0.0210. The first-order chi connectivity index (χ1) is 8.78. The number of rotatable bonds is 2. The van der Waals surface area contributed by atoms with Crippen LogP contribution in [-0.4, -0.2) is 12.2 Å². The SMILES string of the molecule is COc1cc2c(cc1O)C[C@H](c1ccccc1)O2. The summed E-state index contributed by atoms with van der Waals surface area (Å²) >= 11 is 0. The number of aromatic hydroxyl groups is 1. The van der Waals surface area contributed by atoms with Gasteiger partial charge in [-0.2, -0.15) is 0 Å². The van der Waals surface area contributed by atoms with Gasteiger partial charge in [0.25, 0.3) is 0 Å². The van der Waals surface area contributed by atoms with Gasteiger partial charge in [0.1, 0.15) is 11.9 Å². The summed E-state index contributed by atoms with van der Waals surface area (Å²) in [6, 6.07) is 13.5. The van der Waals surface area contributed by atoms with Gasteiger partial charge in [0.15, 0.2) is 11.5 Å². The van der Waals surface area contributed by atoms with Gasteiger partial charge < -0.3 is 14.6 Å². The Morgan fingerprint density at radius 2 is 2.00 bits per heavy atom. The van der Waals surface area contributed by atoms with Crippen LogP contribution in [0.2, 0.25) is 0 Å². The van der Waals surface area contributed by atoms with Gasteiger partial charge in [0.2, 0.25) is 0 Å². The monoisotopic (exact) mass is 242 g/mol. The lowest BCUT2D eigenvalue weighted by atomic mass is 10.0. The third-order valence-electron chi connectivity index (χ3n) is 3.21. The highest BCUT2D eigenvalue weighted by atomic mass is 16.5. The van der Waals surface area contributed by atoms with Gasteiger partial charge in [0, 0.05) is 18.1 Å². The third-order valence-corrected chi connectivity index (χ3v) is 3.21. The van der Waals surface area contributed by atoms with Gasteiger partial charge in [0.05, 0.1) is 7.11 Å². The van der Waals surface area contributed by atoms with Gasteiger partial charge in [-0.05, 0) is 11.6 Å². The summed E-state index contributed by atoms with van der Waals surface area (Å²) in [4.78, 5) is 0. The van der Waals surface area contributed by atoms with Crippen LogP contribution in [0.3, 0.4) is 0 Å². The van der Waals surface area contributed by atoms with Gasteiger partial charge in [-0.25, -0.2) is 0 Å². The molecule has 2 aromatic rings. The van der Waals surface area contributed by atoms with Gasteiger partial charge in [-0.3, -0.25) is 0 Å². The molecule has 0 spiro atoms. The van der Waals surface area contributed by atoms with Crippen molar-refractivity contribution in [2.24, 2.45) is 0 Å². The zero-order valence-electron chi connectivity index (χ0n) is 10.1. The summed E-state index contributed by atoms with van der Waals surface area (Å²) in [6.45, 7) is 0. The molecule has 1 atom stereocenters. The molecule has 0 fully saturated rings. The molecule has 0 bridgehead atoms. The molecule has 1 aliphatic heterocycles. The number of benzene rings is 2. The summed E-state index contributed by atoms with van der Waals surface area (Å²) in [5, 5.41) is 9.75. The van der Waals surface area contributed by atoms with Crippen molar-refractivity contribution in [1.82, 2.24) is 0 Å². The molecule has 0 amide bonds. The normalized spacial score (nSPS) is 17.1. The maximum atomic E-state index is 9.75. The zero-order chi connectivity index (χ0) is 12.5. The number of hydrogen-bond acceptors (Lipinski definition) is 3. The number of ether oxygens (including phenoxy) is 2. The topological polar surface area (TPSA) is 38.7 Å². The van der Waals surface area contributed by atoms with Crippen LogP contribution in [0.1, 0.15) is 17.2 Å². The molecule has 3 rings (SSSR count). The summed E-state index contributed by atoms with van der Waals surface area (Å²) in [6.07, 6.45) is 0.796. The van der Waals surface area contributed by atoms with Crippen molar-refractivity contribution in [2.45, 2.75) is 12.5 Å². The average Bonchev–Trinajstić information content (AvgIpc) is 2.81. The van der Waals surface area contributed by atoms with E-state index in [1.54, 1.807) is 12.1 Å². The van der Waals surface area contributed by atoms with Crippen molar-refractivity contribution >= 4 is 0 Å². The van der Waals surface area contributed by atoms with Gasteiger partial charge >= 0.3 is 0 Å². The molecule has 0 radical (unpaired) electrons. The quantitative estimate of drug-likeness (QED) is 0.879. The lowest BCUT2D eigenvalue weighted by molar-refractivity contribution is 0.237. The van der Waals surface area contributed by atoms with Crippen LogP contribution < -0.4 is 9.47 Å². The number of phenols is 1. The van der Waals surface area contributed by atoms with Gasteiger partial charge in [-0.1, -0.05) is 30.3 Å². The molecule has 0 unspecified atom stereocenters. The van der Waals surface area contributed by atoms with Crippen molar-refractivity contribution in [2.75, 3.05) is 7.11 Å². The van der Waals surface area contributed by atoms with Crippen LogP contribution >= 0.6 is 0 Å². The van der Waals surface area contributed by atoms with Crippen molar-refractivity contribution in [3.63, 3.8) is 0 Å². The molecule has 1 N–H and O–H groups in total. The largest absolute Gasteiger partial charge is 0.504 e. The molecular formula is C15H14O3. The molecule has 3 nitrogen and oxygen atoms in total. The predicted molar refractivity (Wildman–Crippen MR) is 68.2 cm³/mol. The Bertz CT molecular complexity index is 563. The van der Waals surface area contributed by atoms with E-state index >= 15 is 0 Å². The Labute approximate surface area is 106 Å². The molecule has 2 aromatic carbocycles. The molecule has 3 heteroatoms. The fraction of sp³-hybridized carbons (Fsp3) is 0.200. The highest BCUT2D eigenvalue weighted by Crippen LogP contribution is 2.42. The zero-order valence-corrected chi connectivity index (χ0v) is 10.1. The van der Waals surface area contributed by atoms with Gasteiger partial charge in [-0.15, -0.1) is 0 Å². The molecule has 0 aliphatic carbocycles. The van der Waals surface area contributed by atoms with Crippen molar-refractivity contribution in [1.29, 1.82) is 0 Å². The maximum absolute atomic E-state index is 9.75. The van der Waals surface area contributed by atoms with E-state index in [1.165, 1.54) is 7.11 Å². The van der Waals surface area contributed by atoms with Crippen LogP contribution in [-0.2, 0) is 6.42 Å². The molecule has 0 saturated heterocycles. The Morgan fingerprint density at radius 1 is 1.22 bits per heavy atom. The van der Waals surface area contributed by atoms with Crippen LogP contribution in [0.4, 0.5) is 0 Å². The molecule has 0 aromatic heterocycles. The lowest BCUT2D eigenvalue weighted by Gasteiger charge is -2.10. The van der Waals surface area contributed by atoms with Crippen molar-refractivity contribution in [3.05, 3.63) is 53.6 Å². The van der Waals surface area contributed by atoms with E-state index in [0.717, 1.165) is 23.3 Å². The molecule has 0 saturated carbocycles. The van der Waals surface area contributed by atoms with E-state index in [1.807, 2.05) is 30.3 Å². The van der Waals surface area contributed by atoms with E-state index in [4.69, 9.17) is 9.47 Å². The fourth-order valence-corrected chi connectivity index (χ4v) is 2.27. The van der Waals surface area contributed by atoms with E-state index in [9.17, 15) is 5.11 Å². The standard InChI is InChI=1S/C15H14O3/c1-17-15-9-14-11(7-12(15)16)8-13(18-14)10-5-3-2-4-6-10/h2-7,9,13,16H,8H2,1H3/t13-/m1/s1. The Morgan fingerprint density at radius 3 is 2.72 bits per heavy atom. The molecule has 92 valence electrons. The maximum Gasteiger partial charge on any atom is 0.164 e. The fourth-order valence-electron chi connectivity index (χ4n) is 2.27. The van der Waals surface area contributed by atoms with Crippen LogP contribution in [0, 0.1) is 0 Å². The number of fused-ring (bicyclic) bond motifs is 1. The van der Waals surface area contributed by atoms with Crippen LogP contribution in [0.25, 0.3) is 0 Å². The Hall–Kier alpha value is -2.16. The number of hydrogen-bond donors (Lipinski definition) is 1. The van der Waals surface area contributed by atoms with Crippen molar-refractivity contribution in [3.8, 4) is 17.2 Å². The van der Waals surface area contributed by atoms with Crippen molar-refractivity contribution < 1.29 is 14.6 Å². The molecule has 18 heavy (non-hydrogen) atoms. The second-order valence-corrected chi connectivity index (χ2v) is 4.35. The summed E-state index contributed by atoms with van der Waals surface area (Å²) in [5.41, 5.74) is 2.16. The van der Waals surface area contributed by atoms with Crippen LogP contribution in [0.15, 0.2) is 42.5 Å². The smallest absolute Gasteiger partial charge is 0.164 e. The first-order valence-electron chi connectivity index (χ1n) is 5.89. The number of phenolic OH excluding ortho intramolecular Hbond substituents is 1. The Balaban J connectivity index is 1.92. The second-order valence-electron chi connectivity index (χ2n) is 4.35. The van der Waals surface area contributed by atoms with E-state index < -0.39 is 0 Å². The van der Waals surface area contributed by atoms with E-state index in [2.05, 4.69) is 0 Å². The van der Waals surface area contributed by atoms with E-state index in [-0.39, 0.29) is 11.9 Å². The first kappa shape index (κ1) is 11.0. The highest BCUT2D eigenvalue weighted by Gasteiger charge is 2.26. The summed E-state index contributed by atoms with van der Waals surface area (Å²) in [7, 11) is 1.53. The minimum Gasteiger partial charge on any atom is -0.504 e. The number of methoxy groups -OCH3 is 1. The third kappa shape index (κ3) is 1.78. The minimum atomic E-state index is 0.0210. The highest BCUT2D eigenvalue weighted by molar-refractivity contribution is 5.52. The second kappa shape index (κ2) is 4.26. The van der Waals surface area contributed by atoms with Crippen LogP contribution in [0.5, 0.6) is 17.2 Å². The average molecular weight is 242 g/mol. The Kier molecular flexibility index (Phi) is 2.59. The molecule has 1 aliphatic rings. The summed E-state index contributed by atoms with van der Waals surface area (Å²) < 4.78 is 11.0. The van der Waals surface area contributed by atoms with E-state index in [0.29, 0.717) is 5.75 Å². The molecule has 1 heterocycles. The predicted octanol–water partition coefficient (Wildman–Crippen LogP) is 3.08. The lowest BCUT2D eigenvalue weighted by Crippen LogP contribution is -2.02. The molecular weight excluding hydrogens is 228 g/mol.